The summed E-state index contributed by atoms with van der Waals surface area (Å²) >= 11 is 11.9. The van der Waals surface area contributed by atoms with Gasteiger partial charge in [0.15, 0.2) is 0 Å². The van der Waals surface area contributed by atoms with Crippen molar-refractivity contribution in [2.24, 2.45) is 5.73 Å². The van der Waals surface area contributed by atoms with Gasteiger partial charge in [-0.1, -0.05) is 23.2 Å². The lowest BCUT2D eigenvalue weighted by Crippen LogP contribution is -2.09. The van der Waals surface area contributed by atoms with Gasteiger partial charge in [0.2, 0.25) is 0 Å². The summed E-state index contributed by atoms with van der Waals surface area (Å²) in [6, 6.07) is 5.27. The summed E-state index contributed by atoms with van der Waals surface area (Å²) in [5, 5.41) is 5.45. The molecule has 2 N–H and O–H groups in total. The van der Waals surface area contributed by atoms with Gasteiger partial charge in [-0.2, -0.15) is 5.10 Å². The Morgan fingerprint density at radius 2 is 1.88 bits per heavy atom. The van der Waals surface area contributed by atoms with Crippen LogP contribution in [-0.4, -0.2) is 21.3 Å². The van der Waals surface area contributed by atoms with Gasteiger partial charge in [-0.05, 0) is 31.7 Å². The third-order valence-corrected chi connectivity index (χ3v) is 2.68. The van der Waals surface area contributed by atoms with Crippen molar-refractivity contribution in [3.8, 4) is 5.69 Å². The molecule has 17 heavy (non-hydrogen) atoms. The molecule has 0 aliphatic heterocycles. The monoisotopic (exact) mass is 270 g/mol. The average Bonchev–Trinajstić information content (AvgIpc) is 2.58. The van der Waals surface area contributed by atoms with Crippen LogP contribution >= 0.6 is 23.2 Å². The minimum Gasteiger partial charge on any atom is -0.330 e. The first kappa shape index (κ1) is 12.4. The molecule has 0 bridgehead atoms. The fourth-order valence-corrected chi connectivity index (χ4v) is 2.13. The minimum absolute atomic E-state index is 0.520. The number of nitrogens with two attached hydrogens (primary N) is 1. The normalized spacial score (nSPS) is 10.8. The van der Waals surface area contributed by atoms with E-state index in [0.29, 0.717) is 28.8 Å². The summed E-state index contributed by atoms with van der Waals surface area (Å²) in [6.45, 7) is 2.36. The fourth-order valence-electron chi connectivity index (χ4n) is 1.62. The van der Waals surface area contributed by atoms with Crippen molar-refractivity contribution in [2.45, 2.75) is 13.3 Å². The van der Waals surface area contributed by atoms with Gasteiger partial charge in [0.1, 0.15) is 11.6 Å². The maximum Gasteiger partial charge on any atom is 0.148 e. The van der Waals surface area contributed by atoms with Gasteiger partial charge < -0.3 is 5.73 Å². The summed E-state index contributed by atoms with van der Waals surface area (Å²) < 4.78 is 1.72. The summed E-state index contributed by atoms with van der Waals surface area (Å²) in [6.07, 6.45) is 0.658. The smallest absolute Gasteiger partial charge is 0.148 e. The molecule has 0 radical (unpaired) electrons. The second kappa shape index (κ2) is 5.04. The molecule has 1 aromatic heterocycles. The molecule has 2 aromatic rings. The molecule has 1 heterocycles. The van der Waals surface area contributed by atoms with Gasteiger partial charge in [0.05, 0.1) is 5.69 Å². The number of hydrogen-bond acceptors (Lipinski definition) is 3. The van der Waals surface area contributed by atoms with Gasteiger partial charge in [-0.25, -0.2) is 9.67 Å². The first-order valence-electron chi connectivity index (χ1n) is 5.19. The molecule has 0 aliphatic carbocycles. The van der Waals surface area contributed by atoms with Crippen molar-refractivity contribution in [1.29, 1.82) is 0 Å². The van der Waals surface area contributed by atoms with Gasteiger partial charge >= 0.3 is 0 Å². The zero-order valence-corrected chi connectivity index (χ0v) is 10.8. The molecule has 6 heteroatoms. The second-order valence-electron chi connectivity index (χ2n) is 3.65. The molecule has 0 unspecified atom stereocenters. The highest BCUT2D eigenvalue weighted by atomic mass is 35.5. The van der Waals surface area contributed by atoms with E-state index in [1.807, 2.05) is 6.92 Å². The molecule has 0 atom stereocenters. The highest BCUT2D eigenvalue weighted by Crippen LogP contribution is 2.22. The van der Waals surface area contributed by atoms with Crippen LogP contribution in [0.1, 0.15) is 11.6 Å². The standard InChI is InChI=1S/C11H12Cl2N4/c1-7-15-11(2-3-14)17(16-7)10-5-8(12)4-9(13)6-10/h4-6H,2-3,14H2,1H3. The molecular weight excluding hydrogens is 259 g/mol. The summed E-state index contributed by atoms with van der Waals surface area (Å²) in [5.74, 6) is 1.51. The average molecular weight is 271 g/mol. The van der Waals surface area contributed by atoms with E-state index in [4.69, 9.17) is 28.9 Å². The first-order chi connectivity index (χ1) is 8.10. The Kier molecular flexibility index (Phi) is 3.66. The predicted octanol–water partition coefficient (Wildman–Crippen LogP) is 2.38. The molecule has 4 nitrogen and oxygen atoms in total. The summed E-state index contributed by atoms with van der Waals surface area (Å²) in [4.78, 5) is 4.32. The van der Waals surface area contributed by atoms with Crippen molar-refractivity contribution in [3.05, 3.63) is 39.9 Å². The number of rotatable bonds is 3. The lowest BCUT2D eigenvalue weighted by molar-refractivity contribution is 0.774. The molecular formula is C11H12Cl2N4. The summed E-state index contributed by atoms with van der Waals surface area (Å²) in [7, 11) is 0. The molecule has 0 spiro atoms. The number of aryl methyl sites for hydroxylation is 1. The number of benzene rings is 1. The van der Waals surface area contributed by atoms with Gasteiger partial charge in [-0.15, -0.1) is 0 Å². The number of halogens is 2. The summed E-state index contributed by atoms with van der Waals surface area (Å²) in [5.41, 5.74) is 6.34. The van der Waals surface area contributed by atoms with Gasteiger partial charge in [0, 0.05) is 16.5 Å². The van der Waals surface area contributed by atoms with Crippen molar-refractivity contribution in [3.63, 3.8) is 0 Å². The third-order valence-electron chi connectivity index (χ3n) is 2.24. The van der Waals surface area contributed by atoms with Crippen LogP contribution in [0.3, 0.4) is 0 Å². The predicted molar refractivity (Wildman–Crippen MR) is 68.9 cm³/mol. The zero-order chi connectivity index (χ0) is 12.4. The second-order valence-corrected chi connectivity index (χ2v) is 4.53. The van der Waals surface area contributed by atoms with Crippen LogP contribution in [0.15, 0.2) is 18.2 Å². The molecule has 0 aliphatic rings. The highest BCUT2D eigenvalue weighted by molar-refractivity contribution is 6.34. The van der Waals surface area contributed by atoms with Crippen LogP contribution in [0.5, 0.6) is 0 Å². The van der Waals surface area contributed by atoms with Crippen LogP contribution in [0, 0.1) is 6.92 Å². The molecule has 0 amide bonds. The fraction of sp³-hybridized carbons (Fsp3) is 0.273. The largest absolute Gasteiger partial charge is 0.330 e. The zero-order valence-electron chi connectivity index (χ0n) is 9.32. The Morgan fingerprint density at radius 1 is 1.24 bits per heavy atom. The molecule has 0 saturated carbocycles. The molecule has 1 aromatic carbocycles. The Morgan fingerprint density at radius 3 is 2.47 bits per heavy atom. The van der Waals surface area contributed by atoms with Crippen LogP contribution < -0.4 is 5.73 Å². The van der Waals surface area contributed by atoms with E-state index in [1.54, 1.807) is 22.9 Å². The number of hydrogen-bond donors (Lipinski definition) is 1. The first-order valence-corrected chi connectivity index (χ1v) is 5.95. The highest BCUT2D eigenvalue weighted by Gasteiger charge is 2.09. The Bertz CT molecular complexity index is 516. The van der Waals surface area contributed by atoms with E-state index in [0.717, 1.165) is 11.5 Å². The minimum atomic E-state index is 0.520. The van der Waals surface area contributed by atoms with E-state index in [-0.39, 0.29) is 0 Å². The molecule has 90 valence electrons. The van der Waals surface area contributed by atoms with Crippen molar-refractivity contribution >= 4 is 23.2 Å². The van der Waals surface area contributed by atoms with Gasteiger partial charge in [-0.3, -0.25) is 0 Å². The van der Waals surface area contributed by atoms with Crippen molar-refractivity contribution in [1.82, 2.24) is 14.8 Å². The van der Waals surface area contributed by atoms with Gasteiger partial charge in [0.25, 0.3) is 0 Å². The van der Waals surface area contributed by atoms with Crippen LogP contribution in [-0.2, 0) is 6.42 Å². The van der Waals surface area contributed by atoms with E-state index < -0.39 is 0 Å². The number of nitrogens with zero attached hydrogens (tertiary/aromatic N) is 3. The Hall–Kier alpha value is -1.10. The third kappa shape index (κ3) is 2.77. The van der Waals surface area contributed by atoms with E-state index in [2.05, 4.69) is 10.1 Å². The lowest BCUT2D eigenvalue weighted by Gasteiger charge is -2.06. The van der Waals surface area contributed by atoms with Crippen LogP contribution in [0.25, 0.3) is 5.69 Å². The van der Waals surface area contributed by atoms with Crippen LogP contribution in [0.2, 0.25) is 10.0 Å². The topological polar surface area (TPSA) is 56.7 Å². The van der Waals surface area contributed by atoms with Crippen molar-refractivity contribution < 1.29 is 0 Å². The van der Waals surface area contributed by atoms with E-state index in [9.17, 15) is 0 Å². The quantitative estimate of drug-likeness (QED) is 0.932. The lowest BCUT2D eigenvalue weighted by atomic mass is 10.3. The number of aromatic nitrogens is 3. The Balaban J connectivity index is 2.51. The maximum absolute atomic E-state index is 5.97. The SMILES string of the molecule is Cc1nc(CCN)n(-c2cc(Cl)cc(Cl)c2)n1. The molecule has 2 rings (SSSR count). The molecule has 0 saturated heterocycles. The Labute approximate surface area is 109 Å². The van der Waals surface area contributed by atoms with E-state index >= 15 is 0 Å². The van der Waals surface area contributed by atoms with Crippen molar-refractivity contribution in [2.75, 3.05) is 6.54 Å². The van der Waals surface area contributed by atoms with Crippen LogP contribution in [0.4, 0.5) is 0 Å². The maximum atomic E-state index is 5.97. The molecule has 0 fully saturated rings. The van der Waals surface area contributed by atoms with E-state index in [1.165, 1.54) is 0 Å².